The van der Waals surface area contributed by atoms with Crippen LogP contribution in [-0.2, 0) is 16.0 Å². The fourth-order valence-corrected chi connectivity index (χ4v) is 2.99. The van der Waals surface area contributed by atoms with E-state index in [1.54, 1.807) is 0 Å². The van der Waals surface area contributed by atoms with Crippen molar-refractivity contribution in [1.82, 2.24) is 0 Å². The summed E-state index contributed by atoms with van der Waals surface area (Å²) in [4.78, 5) is 12.1. The molecule has 2 aliphatic rings. The predicted molar refractivity (Wildman–Crippen MR) is 71.1 cm³/mol. The van der Waals surface area contributed by atoms with E-state index in [9.17, 15) is 4.79 Å². The van der Waals surface area contributed by atoms with Crippen LogP contribution in [0.3, 0.4) is 0 Å². The first-order valence-electron chi connectivity index (χ1n) is 6.83. The van der Waals surface area contributed by atoms with Gasteiger partial charge < -0.3 is 4.74 Å². The summed E-state index contributed by atoms with van der Waals surface area (Å²) in [6.07, 6.45) is 5.30. The lowest BCUT2D eigenvalue weighted by Crippen LogP contribution is -2.12. The van der Waals surface area contributed by atoms with Crippen LogP contribution in [0.4, 0.5) is 0 Å². The molecule has 0 bridgehead atoms. The van der Waals surface area contributed by atoms with E-state index in [-0.39, 0.29) is 12.1 Å². The minimum Gasteiger partial charge on any atom is -0.454 e. The minimum absolute atomic E-state index is 0.0424. The molecule has 1 unspecified atom stereocenters. The fraction of sp³-hybridized carbons (Fsp3) is 0.438. The molecular formula is C16H18O2. The molecule has 1 heterocycles. The molecular weight excluding hydrogens is 224 g/mol. The number of hydrogen-bond donors (Lipinski definition) is 0. The van der Waals surface area contributed by atoms with Gasteiger partial charge in [-0.3, -0.25) is 0 Å². The minimum atomic E-state index is -0.113. The van der Waals surface area contributed by atoms with Crippen LogP contribution in [0.2, 0.25) is 0 Å². The summed E-state index contributed by atoms with van der Waals surface area (Å²) < 4.78 is 5.55. The maximum atomic E-state index is 12.1. The van der Waals surface area contributed by atoms with Crippen molar-refractivity contribution in [2.75, 3.05) is 0 Å². The van der Waals surface area contributed by atoms with Crippen LogP contribution < -0.4 is 0 Å². The highest BCUT2D eigenvalue weighted by atomic mass is 16.5. The van der Waals surface area contributed by atoms with Gasteiger partial charge in [0.05, 0.1) is 5.57 Å². The van der Waals surface area contributed by atoms with Crippen LogP contribution in [0, 0.1) is 0 Å². The zero-order chi connectivity index (χ0) is 12.5. The number of carbonyl (C=O) groups excluding carboxylic acids is 1. The standard InChI is InChI=1S/C16H18O2/c1-2-3-8-14-13-10-9-11-6-4-5-7-12(11)15(13)16(17)18-14/h4-7,14H,2-3,8-10H2,1H3. The number of carbonyl (C=O) groups is 1. The van der Waals surface area contributed by atoms with Gasteiger partial charge in [0.1, 0.15) is 6.10 Å². The summed E-state index contributed by atoms with van der Waals surface area (Å²) in [5.41, 5.74) is 4.48. The van der Waals surface area contributed by atoms with Crippen molar-refractivity contribution in [1.29, 1.82) is 0 Å². The first-order valence-corrected chi connectivity index (χ1v) is 6.83. The Labute approximate surface area is 108 Å². The lowest BCUT2D eigenvalue weighted by molar-refractivity contribution is -0.138. The van der Waals surface area contributed by atoms with Gasteiger partial charge in [0.2, 0.25) is 0 Å². The number of ether oxygens (including phenoxy) is 1. The van der Waals surface area contributed by atoms with Crippen molar-refractivity contribution in [3.05, 3.63) is 41.0 Å². The molecule has 94 valence electrons. The molecule has 1 atom stereocenters. The summed E-state index contributed by atoms with van der Waals surface area (Å²) in [7, 11) is 0. The number of aryl methyl sites for hydroxylation is 1. The number of rotatable bonds is 3. The van der Waals surface area contributed by atoms with Crippen LogP contribution in [0.25, 0.3) is 5.57 Å². The lowest BCUT2D eigenvalue weighted by atomic mass is 9.84. The Bertz CT molecular complexity index is 514. The Hall–Kier alpha value is -1.57. The Morgan fingerprint density at radius 2 is 2.11 bits per heavy atom. The van der Waals surface area contributed by atoms with E-state index < -0.39 is 0 Å². The molecule has 1 aliphatic carbocycles. The Morgan fingerprint density at radius 1 is 1.28 bits per heavy atom. The van der Waals surface area contributed by atoms with Crippen LogP contribution in [0.15, 0.2) is 29.8 Å². The van der Waals surface area contributed by atoms with E-state index in [2.05, 4.69) is 13.0 Å². The summed E-state index contributed by atoms with van der Waals surface area (Å²) in [5, 5.41) is 0. The van der Waals surface area contributed by atoms with Gasteiger partial charge in [-0.2, -0.15) is 0 Å². The lowest BCUT2D eigenvalue weighted by Gasteiger charge is -2.18. The monoisotopic (exact) mass is 242 g/mol. The molecule has 0 amide bonds. The van der Waals surface area contributed by atoms with Crippen molar-refractivity contribution < 1.29 is 9.53 Å². The molecule has 3 rings (SSSR count). The van der Waals surface area contributed by atoms with E-state index in [0.29, 0.717) is 0 Å². The van der Waals surface area contributed by atoms with Gasteiger partial charge in [0.25, 0.3) is 0 Å². The van der Waals surface area contributed by atoms with Crippen molar-refractivity contribution in [2.45, 2.75) is 45.1 Å². The smallest absolute Gasteiger partial charge is 0.339 e. The molecule has 0 aromatic heterocycles. The highest BCUT2D eigenvalue weighted by Crippen LogP contribution is 2.40. The van der Waals surface area contributed by atoms with Crippen LogP contribution in [0.5, 0.6) is 0 Å². The van der Waals surface area contributed by atoms with Gasteiger partial charge in [-0.15, -0.1) is 0 Å². The van der Waals surface area contributed by atoms with Gasteiger partial charge in [0, 0.05) is 0 Å². The number of cyclic esters (lactones) is 1. The van der Waals surface area contributed by atoms with Crippen molar-refractivity contribution in [3.8, 4) is 0 Å². The first-order chi connectivity index (χ1) is 8.81. The first kappa shape index (κ1) is 11.5. The molecule has 18 heavy (non-hydrogen) atoms. The molecule has 0 radical (unpaired) electrons. The molecule has 0 fully saturated rings. The Morgan fingerprint density at radius 3 is 2.94 bits per heavy atom. The SMILES string of the molecule is CCCCC1OC(=O)C2=C1CCc1ccccc12. The van der Waals surface area contributed by atoms with E-state index >= 15 is 0 Å². The molecule has 0 saturated heterocycles. The highest BCUT2D eigenvalue weighted by Gasteiger charge is 2.36. The Kier molecular flexibility index (Phi) is 2.94. The van der Waals surface area contributed by atoms with Crippen molar-refractivity contribution in [3.63, 3.8) is 0 Å². The second-order valence-corrected chi connectivity index (χ2v) is 5.09. The fourth-order valence-electron chi connectivity index (χ4n) is 2.99. The van der Waals surface area contributed by atoms with Gasteiger partial charge >= 0.3 is 5.97 Å². The number of esters is 1. The molecule has 0 saturated carbocycles. The number of unbranched alkanes of at least 4 members (excludes halogenated alkanes) is 1. The molecule has 0 spiro atoms. The zero-order valence-electron chi connectivity index (χ0n) is 10.7. The highest BCUT2D eigenvalue weighted by molar-refractivity contribution is 6.20. The van der Waals surface area contributed by atoms with Gasteiger partial charge in [0.15, 0.2) is 0 Å². The summed E-state index contributed by atoms with van der Waals surface area (Å²) in [6.45, 7) is 2.17. The molecule has 0 N–H and O–H groups in total. The predicted octanol–water partition coefficient (Wildman–Crippen LogP) is 3.50. The topological polar surface area (TPSA) is 26.3 Å². The zero-order valence-corrected chi connectivity index (χ0v) is 10.7. The number of hydrogen-bond acceptors (Lipinski definition) is 2. The van der Waals surface area contributed by atoms with E-state index in [0.717, 1.165) is 43.2 Å². The third-order valence-corrected chi connectivity index (χ3v) is 3.93. The average molecular weight is 242 g/mol. The number of fused-ring (bicyclic) bond motifs is 2. The van der Waals surface area contributed by atoms with Crippen LogP contribution >= 0.6 is 0 Å². The van der Waals surface area contributed by atoms with Gasteiger partial charge in [-0.05, 0) is 42.4 Å². The van der Waals surface area contributed by atoms with E-state index in [1.165, 1.54) is 11.1 Å². The quantitative estimate of drug-likeness (QED) is 0.758. The summed E-state index contributed by atoms with van der Waals surface area (Å²) in [5.74, 6) is -0.113. The van der Waals surface area contributed by atoms with Gasteiger partial charge in [-0.1, -0.05) is 37.6 Å². The second kappa shape index (κ2) is 4.60. The molecule has 1 aromatic carbocycles. The maximum absolute atomic E-state index is 12.1. The Balaban J connectivity index is 1.98. The normalized spacial score (nSPS) is 21.6. The van der Waals surface area contributed by atoms with E-state index in [4.69, 9.17) is 4.74 Å². The van der Waals surface area contributed by atoms with Gasteiger partial charge in [-0.25, -0.2) is 4.79 Å². The molecule has 2 nitrogen and oxygen atoms in total. The third kappa shape index (κ3) is 1.76. The molecule has 1 aliphatic heterocycles. The maximum Gasteiger partial charge on any atom is 0.339 e. The van der Waals surface area contributed by atoms with Crippen molar-refractivity contribution in [2.24, 2.45) is 0 Å². The second-order valence-electron chi connectivity index (χ2n) is 5.09. The summed E-state index contributed by atoms with van der Waals surface area (Å²) in [6, 6.07) is 8.21. The molecule has 2 heteroatoms. The largest absolute Gasteiger partial charge is 0.454 e. The third-order valence-electron chi connectivity index (χ3n) is 3.93. The van der Waals surface area contributed by atoms with Crippen molar-refractivity contribution >= 4 is 11.5 Å². The van der Waals surface area contributed by atoms with E-state index in [1.807, 2.05) is 18.2 Å². The molecule has 1 aromatic rings. The van der Waals surface area contributed by atoms with Crippen LogP contribution in [0.1, 0.15) is 43.7 Å². The average Bonchev–Trinajstić information content (AvgIpc) is 2.73. The number of benzene rings is 1. The summed E-state index contributed by atoms with van der Waals surface area (Å²) >= 11 is 0. The van der Waals surface area contributed by atoms with Crippen LogP contribution in [-0.4, -0.2) is 12.1 Å².